The lowest BCUT2D eigenvalue weighted by molar-refractivity contribution is -0.385. The van der Waals surface area contributed by atoms with E-state index in [0.717, 1.165) is 11.4 Å². The molecule has 0 bridgehead atoms. The molecule has 2 rings (SSSR count). The van der Waals surface area contributed by atoms with Crippen molar-refractivity contribution in [2.75, 3.05) is 7.05 Å². The molecule has 6 heteroatoms. The maximum absolute atomic E-state index is 11.0. The number of halogens is 1. The highest BCUT2D eigenvalue weighted by Gasteiger charge is 2.14. The Morgan fingerprint density at radius 3 is 2.81 bits per heavy atom. The zero-order valence-corrected chi connectivity index (χ0v) is 13.1. The van der Waals surface area contributed by atoms with Gasteiger partial charge in [-0.15, -0.1) is 11.8 Å². The van der Waals surface area contributed by atoms with Gasteiger partial charge in [0.1, 0.15) is 0 Å². The Morgan fingerprint density at radius 1 is 1.29 bits per heavy atom. The molecule has 0 atom stereocenters. The molecule has 2 aromatic rings. The lowest BCUT2D eigenvalue weighted by Gasteiger charge is -2.06. The zero-order chi connectivity index (χ0) is 15.2. The normalized spacial score (nSPS) is 10.6. The highest BCUT2D eigenvalue weighted by atomic mass is 35.5. The molecule has 0 fully saturated rings. The first-order valence-electron chi connectivity index (χ1n) is 6.39. The summed E-state index contributed by atoms with van der Waals surface area (Å²) in [6, 6.07) is 12.8. The van der Waals surface area contributed by atoms with E-state index >= 15 is 0 Å². The fraction of sp³-hybridized carbons (Fsp3) is 0.200. The number of rotatable bonds is 6. The van der Waals surface area contributed by atoms with Gasteiger partial charge in [0.25, 0.3) is 5.69 Å². The van der Waals surface area contributed by atoms with Gasteiger partial charge < -0.3 is 5.32 Å². The Bertz CT molecular complexity index is 649. The monoisotopic (exact) mass is 322 g/mol. The van der Waals surface area contributed by atoms with Gasteiger partial charge in [-0.1, -0.05) is 23.7 Å². The summed E-state index contributed by atoms with van der Waals surface area (Å²) in [5.74, 6) is 0.514. The largest absolute Gasteiger partial charge is 0.316 e. The number of hydrogen-bond acceptors (Lipinski definition) is 4. The highest BCUT2D eigenvalue weighted by Crippen LogP contribution is 2.30. The van der Waals surface area contributed by atoms with Crippen LogP contribution < -0.4 is 5.32 Å². The van der Waals surface area contributed by atoms with E-state index in [1.807, 2.05) is 25.2 Å². The smallest absolute Gasteiger partial charge is 0.273 e. The van der Waals surface area contributed by atoms with E-state index in [2.05, 4.69) is 11.4 Å². The van der Waals surface area contributed by atoms with Crippen LogP contribution in [-0.2, 0) is 12.3 Å². The molecule has 0 saturated carbocycles. The van der Waals surface area contributed by atoms with Crippen LogP contribution in [0.2, 0.25) is 5.02 Å². The van der Waals surface area contributed by atoms with Crippen LogP contribution >= 0.6 is 23.4 Å². The van der Waals surface area contributed by atoms with E-state index in [9.17, 15) is 10.1 Å². The van der Waals surface area contributed by atoms with Crippen molar-refractivity contribution in [2.45, 2.75) is 17.2 Å². The van der Waals surface area contributed by atoms with Crippen LogP contribution in [0.15, 0.2) is 47.4 Å². The van der Waals surface area contributed by atoms with Gasteiger partial charge in [0.05, 0.1) is 4.92 Å². The van der Waals surface area contributed by atoms with Crippen LogP contribution in [0.4, 0.5) is 5.69 Å². The summed E-state index contributed by atoms with van der Waals surface area (Å²) < 4.78 is 0. The summed E-state index contributed by atoms with van der Waals surface area (Å²) in [7, 11) is 1.90. The van der Waals surface area contributed by atoms with Gasteiger partial charge >= 0.3 is 0 Å². The van der Waals surface area contributed by atoms with Crippen LogP contribution in [0.1, 0.15) is 11.1 Å². The summed E-state index contributed by atoms with van der Waals surface area (Å²) >= 11 is 7.49. The summed E-state index contributed by atoms with van der Waals surface area (Å²) in [6.45, 7) is 0.797. The minimum Gasteiger partial charge on any atom is -0.316 e. The Labute approximate surface area is 132 Å². The Hall–Kier alpha value is -1.56. The second-order valence-electron chi connectivity index (χ2n) is 4.50. The number of nitrogens with one attached hydrogen (secondary N) is 1. The minimum absolute atomic E-state index is 0.110. The number of hydrogen-bond donors (Lipinski definition) is 1. The van der Waals surface area contributed by atoms with Crippen molar-refractivity contribution in [3.05, 3.63) is 68.7 Å². The number of thioether (sulfide) groups is 1. The third-order valence-electron chi connectivity index (χ3n) is 2.91. The fourth-order valence-corrected chi connectivity index (χ4v) is 3.12. The summed E-state index contributed by atoms with van der Waals surface area (Å²) in [5, 5.41) is 14.6. The highest BCUT2D eigenvalue weighted by molar-refractivity contribution is 7.98. The van der Waals surface area contributed by atoms with Crippen molar-refractivity contribution in [3.63, 3.8) is 0 Å². The van der Waals surface area contributed by atoms with E-state index < -0.39 is 0 Å². The maximum Gasteiger partial charge on any atom is 0.273 e. The van der Waals surface area contributed by atoms with Crippen LogP contribution in [0.3, 0.4) is 0 Å². The molecule has 0 aromatic heterocycles. The second-order valence-corrected chi connectivity index (χ2v) is 5.98. The van der Waals surface area contributed by atoms with E-state index in [4.69, 9.17) is 11.6 Å². The molecule has 0 aliphatic carbocycles. The van der Waals surface area contributed by atoms with Gasteiger partial charge in [-0.25, -0.2) is 0 Å². The first-order valence-corrected chi connectivity index (χ1v) is 7.75. The topological polar surface area (TPSA) is 55.2 Å². The molecule has 0 heterocycles. The third kappa shape index (κ3) is 4.46. The molecule has 110 valence electrons. The molecule has 0 saturated heterocycles. The van der Waals surface area contributed by atoms with Crippen LogP contribution in [0, 0.1) is 10.1 Å². The molecule has 0 aliphatic rings. The van der Waals surface area contributed by atoms with E-state index in [0.29, 0.717) is 16.3 Å². The van der Waals surface area contributed by atoms with Crippen molar-refractivity contribution in [2.24, 2.45) is 0 Å². The third-order valence-corrected chi connectivity index (χ3v) is 4.19. The van der Waals surface area contributed by atoms with Crippen molar-refractivity contribution in [3.8, 4) is 0 Å². The van der Waals surface area contributed by atoms with Gasteiger partial charge in [0.15, 0.2) is 0 Å². The second kappa shape index (κ2) is 7.45. The van der Waals surface area contributed by atoms with Gasteiger partial charge in [-0.3, -0.25) is 10.1 Å². The molecule has 0 amide bonds. The molecular formula is C15H15ClN2O2S. The predicted octanol–water partition coefficient (Wildman–Crippen LogP) is 4.26. The van der Waals surface area contributed by atoms with Crippen LogP contribution in [0.25, 0.3) is 0 Å². The van der Waals surface area contributed by atoms with Gasteiger partial charge in [-0.05, 0) is 36.9 Å². The fourth-order valence-electron chi connectivity index (χ4n) is 1.96. The average molecular weight is 323 g/mol. The van der Waals surface area contributed by atoms with E-state index in [1.165, 1.54) is 11.6 Å². The van der Waals surface area contributed by atoms with E-state index in [-0.39, 0.29) is 10.6 Å². The van der Waals surface area contributed by atoms with Crippen molar-refractivity contribution >= 4 is 29.1 Å². The molecule has 4 nitrogen and oxygen atoms in total. The molecule has 0 spiro atoms. The van der Waals surface area contributed by atoms with Crippen molar-refractivity contribution in [1.29, 1.82) is 0 Å². The number of benzene rings is 2. The predicted molar refractivity (Wildman–Crippen MR) is 86.9 cm³/mol. The molecule has 21 heavy (non-hydrogen) atoms. The average Bonchev–Trinajstić information content (AvgIpc) is 2.45. The molecule has 2 aromatic carbocycles. The quantitative estimate of drug-likeness (QED) is 0.490. The number of nitro benzene ring substituents is 1. The van der Waals surface area contributed by atoms with Crippen LogP contribution in [-0.4, -0.2) is 12.0 Å². The first kappa shape index (κ1) is 15.8. The molecule has 0 aliphatic heterocycles. The standard InChI is InChI=1S/C15H15ClN2O2S/c1-17-9-11-3-2-4-14(7-11)21-10-12-8-13(16)5-6-15(12)18(19)20/h2-8,17H,9-10H2,1H3. The summed E-state index contributed by atoms with van der Waals surface area (Å²) in [4.78, 5) is 11.7. The van der Waals surface area contributed by atoms with Crippen molar-refractivity contribution in [1.82, 2.24) is 5.32 Å². The van der Waals surface area contributed by atoms with Gasteiger partial charge in [-0.2, -0.15) is 0 Å². The number of nitro groups is 1. The molecule has 0 radical (unpaired) electrons. The van der Waals surface area contributed by atoms with Gasteiger partial charge in [0, 0.05) is 33.8 Å². The SMILES string of the molecule is CNCc1cccc(SCc2cc(Cl)ccc2[N+](=O)[O-])c1. The first-order chi connectivity index (χ1) is 10.1. The van der Waals surface area contributed by atoms with Crippen molar-refractivity contribution < 1.29 is 4.92 Å². The summed E-state index contributed by atoms with van der Waals surface area (Å²) in [5.41, 5.74) is 1.93. The Balaban J connectivity index is 2.14. The molecular weight excluding hydrogens is 308 g/mol. The molecule has 0 unspecified atom stereocenters. The Kier molecular flexibility index (Phi) is 5.61. The minimum atomic E-state index is -0.371. The summed E-state index contributed by atoms with van der Waals surface area (Å²) in [6.07, 6.45) is 0. The van der Waals surface area contributed by atoms with Gasteiger partial charge in [0.2, 0.25) is 0 Å². The zero-order valence-electron chi connectivity index (χ0n) is 11.5. The maximum atomic E-state index is 11.0. The molecule has 1 N–H and O–H groups in total. The van der Waals surface area contributed by atoms with E-state index in [1.54, 1.807) is 23.9 Å². The lowest BCUT2D eigenvalue weighted by atomic mass is 10.2. The van der Waals surface area contributed by atoms with Crippen LogP contribution in [0.5, 0.6) is 0 Å². The Morgan fingerprint density at radius 2 is 2.10 bits per heavy atom. The number of nitrogens with zero attached hydrogens (tertiary/aromatic N) is 1. The lowest BCUT2D eigenvalue weighted by Crippen LogP contribution is -2.04.